The number of anilines is 1. The Labute approximate surface area is 155 Å². The van der Waals surface area contributed by atoms with Gasteiger partial charge in [-0.2, -0.15) is 0 Å². The van der Waals surface area contributed by atoms with E-state index in [4.69, 9.17) is 0 Å². The number of hydrogen-bond acceptors (Lipinski definition) is 5. The lowest BCUT2D eigenvalue weighted by Crippen LogP contribution is -2.35. The molecule has 1 N–H and O–H groups in total. The van der Waals surface area contributed by atoms with Gasteiger partial charge in [0.2, 0.25) is 0 Å². The largest absolute Gasteiger partial charge is 0.358 e. The smallest absolute Gasteiger partial charge is 0.271 e. The molecule has 2 aromatic rings. The Kier molecular flexibility index (Phi) is 6.52. The van der Waals surface area contributed by atoms with Crippen LogP contribution < -0.4 is 10.2 Å². The molecule has 0 aromatic carbocycles. The Morgan fingerprint density at radius 2 is 1.85 bits per heavy atom. The third-order valence-electron chi connectivity index (χ3n) is 4.94. The highest BCUT2D eigenvalue weighted by Gasteiger charge is 2.17. The van der Waals surface area contributed by atoms with Gasteiger partial charge in [-0.1, -0.05) is 25.7 Å². The average Bonchev–Trinajstić information content (AvgIpc) is 2.95. The number of likely N-dealkylation sites (N-methyl/N-ethyl adjacent to an activating group) is 1. The summed E-state index contributed by atoms with van der Waals surface area (Å²) in [5, 5.41) is 3.11. The highest BCUT2D eigenvalue weighted by atomic mass is 16.1. The van der Waals surface area contributed by atoms with Crippen LogP contribution >= 0.6 is 0 Å². The summed E-state index contributed by atoms with van der Waals surface area (Å²) in [7, 11) is 1.98. The second-order valence-electron chi connectivity index (χ2n) is 6.95. The summed E-state index contributed by atoms with van der Waals surface area (Å²) in [6.07, 6.45) is 14.8. The van der Waals surface area contributed by atoms with E-state index in [1.54, 1.807) is 24.8 Å². The molecule has 2 aromatic heterocycles. The lowest BCUT2D eigenvalue weighted by atomic mass is 10.1. The van der Waals surface area contributed by atoms with Gasteiger partial charge in [0.25, 0.3) is 5.91 Å². The number of aromatic nitrogens is 3. The Bertz CT molecular complexity index is 681. The SMILES string of the molecule is CN(CCc1ccncc1)c1cnc(C(=O)NC2CCCCCC2)cn1. The molecule has 0 atom stereocenters. The van der Waals surface area contributed by atoms with Crippen molar-refractivity contribution in [3.8, 4) is 0 Å². The van der Waals surface area contributed by atoms with E-state index < -0.39 is 0 Å². The van der Waals surface area contributed by atoms with E-state index in [1.807, 2.05) is 24.1 Å². The molecule has 1 aliphatic carbocycles. The number of pyridine rings is 1. The van der Waals surface area contributed by atoms with Gasteiger partial charge >= 0.3 is 0 Å². The zero-order valence-corrected chi connectivity index (χ0v) is 15.4. The van der Waals surface area contributed by atoms with E-state index in [9.17, 15) is 4.79 Å². The molecular weight excluding hydrogens is 326 g/mol. The number of carbonyl (C=O) groups is 1. The van der Waals surface area contributed by atoms with Crippen molar-refractivity contribution in [2.75, 3.05) is 18.5 Å². The van der Waals surface area contributed by atoms with Crippen molar-refractivity contribution in [3.63, 3.8) is 0 Å². The van der Waals surface area contributed by atoms with Crippen molar-refractivity contribution < 1.29 is 4.79 Å². The molecule has 1 fully saturated rings. The average molecular weight is 353 g/mol. The van der Waals surface area contributed by atoms with Crippen LogP contribution in [0.2, 0.25) is 0 Å². The van der Waals surface area contributed by atoms with Crippen LogP contribution in [0.4, 0.5) is 5.82 Å². The summed E-state index contributed by atoms with van der Waals surface area (Å²) >= 11 is 0. The van der Waals surface area contributed by atoms with Crippen LogP contribution in [0.15, 0.2) is 36.9 Å². The Morgan fingerprint density at radius 3 is 2.50 bits per heavy atom. The maximum absolute atomic E-state index is 12.4. The van der Waals surface area contributed by atoms with Crippen LogP contribution in [0.25, 0.3) is 0 Å². The standard InChI is InChI=1S/C20H27N5O/c1-25(13-10-16-8-11-21-12-9-16)19-15-22-18(14-23-19)20(26)24-17-6-4-2-3-5-7-17/h8-9,11-12,14-15,17H,2-7,10,13H2,1H3,(H,24,26). The minimum Gasteiger partial charge on any atom is -0.358 e. The van der Waals surface area contributed by atoms with E-state index in [0.717, 1.165) is 31.6 Å². The first-order valence-corrected chi connectivity index (χ1v) is 9.45. The maximum Gasteiger partial charge on any atom is 0.271 e. The summed E-state index contributed by atoms with van der Waals surface area (Å²) in [4.78, 5) is 27.2. The molecule has 3 rings (SSSR count). The molecule has 1 aliphatic rings. The fraction of sp³-hybridized carbons (Fsp3) is 0.500. The number of hydrogen-bond donors (Lipinski definition) is 1. The first-order valence-electron chi connectivity index (χ1n) is 9.45. The first-order chi connectivity index (χ1) is 12.7. The quantitative estimate of drug-likeness (QED) is 0.809. The van der Waals surface area contributed by atoms with E-state index in [-0.39, 0.29) is 11.9 Å². The number of amides is 1. The zero-order valence-electron chi connectivity index (χ0n) is 15.4. The van der Waals surface area contributed by atoms with Crippen LogP contribution in [0.5, 0.6) is 0 Å². The van der Waals surface area contributed by atoms with Crippen molar-refractivity contribution in [2.24, 2.45) is 0 Å². The molecule has 26 heavy (non-hydrogen) atoms. The van der Waals surface area contributed by atoms with Gasteiger partial charge in [-0.15, -0.1) is 0 Å². The molecule has 2 heterocycles. The number of rotatable bonds is 6. The minimum atomic E-state index is -0.115. The van der Waals surface area contributed by atoms with Gasteiger partial charge in [-0.3, -0.25) is 9.78 Å². The third-order valence-corrected chi connectivity index (χ3v) is 4.94. The Morgan fingerprint density at radius 1 is 1.12 bits per heavy atom. The normalized spacial score (nSPS) is 15.3. The summed E-state index contributed by atoms with van der Waals surface area (Å²) in [5.74, 6) is 0.653. The van der Waals surface area contributed by atoms with Crippen molar-refractivity contribution in [3.05, 3.63) is 48.2 Å². The summed E-state index contributed by atoms with van der Waals surface area (Å²) < 4.78 is 0. The molecule has 0 aliphatic heterocycles. The molecule has 0 bridgehead atoms. The van der Waals surface area contributed by atoms with Gasteiger partial charge < -0.3 is 10.2 Å². The van der Waals surface area contributed by atoms with Gasteiger partial charge in [0.1, 0.15) is 11.5 Å². The summed E-state index contributed by atoms with van der Waals surface area (Å²) in [5.41, 5.74) is 1.62. The van der Waals surface area contributed by atoms with Gasteiger partial charge in [0.05, 0.1) is 12.4 Å². The lowest BCUT2D eigenvalue weighted by molar-refractivity contribution is 0.0928. The monoisotopic (exact) mass is 353 g/mol. The van der Waals surface area contributed by atoms with Crippen LogP contribution in [-0.4, -0.2) is 40.5 Å². The molecule has 0 saturated heterocycles. The second kappa shape index (κ2) is 9.27. The molecule has 138 valence electrons. The molecule has 1 saturated carbocycles. The van der Waals surface area contributed by atoms with Crippen LogP contribution in [-0.2, 0) is 6.42 Å². The Balaban J connectivity index is 1.52. The van der Waals surface area contributed by atoms with Crippen LogP contribution in [0.3, 0.4) is 0 Å². The predicted molar refractivity (Wildman–Crippen MR) is 102 cm³/mol. The molecule has 0 radical (unpaired) electrons. The minimum absolute atomic E-state index is 0.115. The maximum atomic E-state index is 12.4. The second-order valence-corrected chi connectivity index (χ2v) is 6.95. The van der Waals surface area contributed by atoms with E-state index in [2.05, 4.69) is 20.3 Å². The van der Waals surface area contributed by atoms with Crippen LogP contribution in [0, 0.1) is 0 Å². The molecule has 6 nitrogen and oxygen atoms in total. The van der Waals surface area contributed by atoms with Crippen molar-refractivity contribution in [2.45, 2.75) is 51.0 Å². The fourth-order valence-corrected chi connectivity index (χ4v) is 3.28. The Hall–Kier alpha value is -2.50. The first kappa shape index (κ1) is 18.3. The highest BCUT2D eigenvalue weighted by molar-refractivity contribution is 5.92. The summed E-state index contributed by atoms with van der Waals surface area (Å²) in [6.45, 7) is 0.826. The van der Waals surface area contributed by atoms with Gasteiger partial charge in [-0.25, -0.2) is 9.97 Å². The van der Waals surface area contributed by atoms with E-state index in [0.29, 0.717) is 5.69 Å². The van der Waals surface area contributed by atoms with Gasteiger partial charge in [0, 0.05) is 32.0 Å². The summed E-state index contributed by atoms with van der Waals surface area (Å²) in [6, 6.07) is 4.30. The molecular formula is C20H27N5O. The van der Waals surface area contributed by atoms with E-state index >= 15 is 0 Å². The zero-order chi connectivity index (χ0) is 18.2. The molecule has 6 heteroatoms. The highest BCUT2D eigenvalue weighted by Crippen LogP contribution is 2.17. The number of nitrogens with one attached hydrogen (secondary N) is 1. The molecule has 0 unspecified atom stereocenters. The number of carbonyl (C=O) groups excluding carboxylic acids is 1. The molecule has 0 spiro atoms. The lowest BCUT2D eigenvalue weighted by Gasteiger charge is -2.18. The number of nitrogens with zero attached hydrogens (tertiary/aromatic N) is 4. The van der Waals surface area contributed by atoms with Gasteiger partial charge in [-0.05, 0) is 37.0 Å². The third kappa shape index (κ3) is 5.25. The fourth-order valence-electron chi connectivity index (χ4n) is 3.28. The predicted octanol–water partition coefficient (Wildman–Crippen LogP) is 3.00. The van der Waals surface area contributed by atoms with Crippen molar-refractivity contribution in [1.82, 2.24) is 20.3 Å². The van der Waals surface area contributed by atoms with Gasteiger partial charge in [0.15, 0.2) is 0 Å². The topological polar surface area (TPSA) is 71.0 Å². The van der Waals surface area contributed by atoms with E-state index in [1.165, 1.54) is 31.2 Å². The van der Waals surface area contributed by atoms with Crippen LogP contribution in [0.1, 0.15) is 54.6 Å². The van der Waals surface area contributed by atoms with Crippen molar-refractivity contribution in [1.29, 1.82) is 0 Å². The molecule has 1 amide bonds. The van der Waals surface area contributed by atoms with Crippen molar-refractivity contribution >= 4 is 11.7 Å².